The molecule has 0 aromatic carbocycles. The van der Waals surface area contributed by atoms with Gasteiger partial charge in [0.2, 0.25) is 0 Å². The van der Waals surface area contributed by atoms with Gasteiger partial charge in [-0.2, -0.15) is 0 Å². The van der Waals surface area contributed by atoms with Gasteiger partial charge in [-0.25, -0.2) is 8.42 Å². The molecule has 150 valence electrons. The van der Waals surface area contributed by atoms with Crippen LogP contribution in [0.4, 0.5) is 0 Å². The highest BCUT2D eigenvalue weighted by molar-refractivity contribution is 7.91. The summed E-state index contributed by atoms with van der Waals surface area (Å²) in [6, 6.07) is 0. The molecule has 0 unspecified atom stereocenters. The minimum atomic E-state index is -3.02. The van der Waals surface area contributed by atoms with E-state index in [0.717, 1.165) is 51.4 Å². The van der Waals surface area contributed by atoms with Crippen molar-refractivity contribution in [2.45, 2.75) is 83.3 Å². The van der Waals surface area contributed by atoms with Gasteiger partial charge < -0.3 is 9.84 Å². The Morgan fingerprint density at radius 1 is 1.08 bits per heavy atom. The van der Waals surface area contributed by atoms with Crippen molar-refractivity contribution in [3.8, 4) is 0 Å². The second-order valence-corrected chi connectivity index (χ2v) is 10.0. The third-order valence-electron chi connectivity index (χ3n) is 5.68. The lowest BCUT2D eigenvalue weighted by atomic mass is 9.78. The van der Waals surface area contributed by atoms with E-state index in [-0.39, 0.29) is 36.2 Å². The average Bonchev–Trinajstić information content (AvgIpc) is 3.16. The van der Waals surface area contributed by atoms with E-state index < -0.39 is 15.8 Å². The third kappa shape index (κ3) is 6.69. The van der Waals surface area contributed by atoms with Crippen LogP contribution in [-0.4, -0.2) is 43.2 Å². The number of carboxylic acid groups (broad SMARTS) is 1. The van der Waals surface area contributed by atoms with Gasteiger partial charge in [0.15, 0.2) is 9.84 Å². The molecule has 6 heteroatoms. The fraction of sp³-hybridized carbons (Fsp3) is 0.850. The van der Waals surface area contributed by atoms with Crippen LogP contribution in [0.25, 0.3) is 0 Å². The van der Waals surface area contributed by atoms with Crippen LogP contribution in [-0.2, 0) is 19.4 Å². The number of aliphatic carboxylic acids is 1. The monoisotopic (exact) mass is 386 g/mol. The van der Waals surface area contributed by atoms with Gasteiger partial charge in [-0.15, -0.1) is 0 Å². The van der Waals surface area contributed by atoms with Gasteiger partial charge in [-0.1, -0.05) is 38.3 Å². The van der Waals surface area contributed by atoms with Crippen LogP contribution in [0, 0.1) is 11.8 Å². The molecule has 4 atom stereocenters. The zero-order chi connectivity index (χ0) is 19.0. The summed E-state index contributed by atoms with van der Waals surface area (Å²) in [5.74, 6) is 0.212. The number of rotatable bonds is 13. The molecule has 2 fully saturated rings. The molecular formula is C20H34O5S. The quantitative estimate of drug-likeness (QED) is 0.382. The summed E-state index contributed by atoms with van der Waals surface area (Å²) in [4.78, 5) is 10.5. The number of ether oxygens (including phenoxy) is 1. The van der Waals surface area contributed by atoms with Crippen LogP contribution in [0.15, 0.2) is 12.2 Å². The van der Waals surface area contributed by atoms with Gasteiger partial charge in [-0.3, -0.25) is 4.79 Å². The Hall–Kier alpha value is -0.880. The number of fused-ring (bicyclic) bond motifs is 2. The van der Waals surface area contributed by atoms with Crippen LogP contribution in [0.2, 0.25) is 0 Å². The van der Waals surface area contributed by atoms with Crippen molar-refractivity contribution in [2.75, 3.05) is 11.5 Å². The largest absolute Gasteiger partial charge is 0.481 e. The predicted octanol–water partition coefficient (Wildman–Crippen LogP) is 3.98. The zero-order valence-electron chi connectivity index (χ0n) is 15.9. The lowest BCUT2D eigenvalue weighted by molar-refractivity contribution is -0.137. The van der Waals surface area contributed by atoms with E-state index in [4.69, 9.17) is 9.84 Å². The molecule has 2 aliphatic heterocycles. The summed E-state index contributed by atoms with van der Waals surface area (Å²) in [5, 5.41) is 8.65. The van der Waals surface area contributed by atoms with E-state index in [1.165, 1.54) is 0 Å². The molecule has 2 aliphatic rings. The predicted molar refractivity (Wildman–Crippen MR) is 103 cm³/mol. The summed E-state index contributed by atoms with van der Waals surface area (Å²) >= 11 is 0. The summed E-state index contributed by atoms with van der Waals surface area (Å²) in [5.41, 5.74) is 0. The number of allylic oxidation sites excluding steroid dienone is 2. The molecular weight excluding hydrogens is 352 g/mol. The van der Waals surface area contributed by atoms with Crippen LogP contribution >= 0.6 is 0 Å². The Morgan fingerprint density at radius 3 is 2.50 bits per heavy atom. The van der Waals surface area contributed by atoms with E-state index in [2.05, 4.69) is 13.0 Å². The van der Waals surface area contributed by atoms with Gasteiger partial charge in [0.1, 0.15) is 0 Å². The highest BCUT2D eigenvalue weighted by Crippen LogP contribution is 2.45. The van der Waals surface area contributed by atoms with E-state index >= 15 is 0 Å². The molecule has 1 N–H and O–H groups in total. The van der Waals surface area contributed by atoms with Crippen LogP contribution in [0.1, 0.15) is 71.1 Å². The van der Waals surface area contributed by atoms with Crippen molar-refractivity contribution in [3.05, 3.63) is 12.2 Å². The maximum absolute atomic E-state index is 12.5. The first-order valence-electron chi connectivity index (χ1n) is 10.2. The van der Waals surface area contributed by atoms with Crippen molar-refractivity contribution < 1.29 is 23.1 Å². The van der Waals surface area contributed by atoms with Gasteiger partial charge in [-0.05, 0) is 44.4 Å². The van der Waals surface area contributed by atoms with Crippen molar-refractivity contribution in [1.29, 1.82) is 0 Å². The molecule has 0 radical (unpaired) electrons. The fourth-order valence-electron chi connectivity index (χ4n) is 4.30. The standard InChI is InChI=1S/C20H34O5S/c1-2-3-4-9-14-26(23,24)15-17-16(18-12-13-19(17)25-18)10-7-5-6-8-11-20(21)22/h5,7,16-19H,2-4,6,8-15H2,1H3,(H,21,22)/b7-5-/t16-,17+,18-,19+/m1/s1. The molecule has 2 bridgehead atoms. The summed E-state index contributed by atoms with van der Waals surface area (Å²) in [6.45, 7) is 2.13. The van der Waals surface area contributed by atoms with Crippen molar-refractivity contribution in [2.24, 2.45) is 11.8 Å². The van der Waals surface area contributed by atoms with Crippen LogP contribution in [0.3, 0.4) is 0 Å². The lowest BCUT2D eigenvalue weighted by Gasteiger charge is -2.27. The average molecular weight is 387 g/mol. The van der Waals surface area contributed by atoms with E-state index in [9.17, 15) is 13.2 Å². The molecule has 0 aromatic heterocycles. The second kappa shape index (κ2) is 10.5. The summed E-state index contributed by atoms with van der Waals surface area (Å²) in [7, 11) is -3.02. The van der Waals surface area contributed by atoms with Crippen molar-refractivity contribution in [3.63, 3.8) is 0 Å². The number of hydrogen-bond acceptors (Lipinski definition) is 4. The lowest BCUT2D eigenvalue weighted by Crippen LogP contribution is -2.33. The molecule has 0 aromatic rings. The first kappa shape index (κ1) is 21.4. The number of hydrogen-bond donors (Lipinski definition) is 1. The van der Waals surface area contributed by atoms with Crippen molar-refractivity contribution in [1.82, 2.24) is 0 Å². The van der Waals surface area contributed by atoms with Gasteiger partial charge in [0.05, 0.1) is 23.7 Å². The van der Waals surface area contributed by atoms with E-state index in [1.54, 1.807) is 0 Å². The van der Waals surface area contributed by atoms with Crippen LogP contribution in [0.5, 0.6) is 0 Å². The summed E-state index contributed by atoms with van der Waals surface area (Å²) < 4.78 is 31.1. The molecule has 0 saturated carbocycles. The molecule has 26 heavy (non-hydrogen) atoms. The molecule has 0 amide bonds. The zero-order valence-corrected chi connectivity index (χ0v) is 16.8. The Kier molecular flexibility index (Phi) is 8.61. The minimum Gasteiger partial charge on any atom is -0.481 e. The minimum absolute atomic E-state index is 0.107. The highest BCUT2D eigenvalue weighted by Gasteiger charge is 2.49. The fourth-order valence-corrected chi connectivity index (χ4v) is 6.15. The second-order valence-electron chi connectivity index (χ2n) is 7.79. The van der Waals surface area contributed by atoms with Gasteiger partial charge in [0.25, 0.3) is 0 Å². The highest BCUT2D eigenvalue weighted by atomic mass is 32.2. The first-order chi connectivity index (χ1) is 12.4. The maximum Gasteiger partial charge on any atom is 0.303 e. The van der Waals surface area contributed by atoms with Crippen LogP contribution < -0.4 is 0 Å². The molecule has 0 spiro atoms. The molecule has 2 heterocycles. The van der Waals surface area contributed by atoms with E-state index in [0.29, 0.717) is 12.2 Å². The molecule has 2 saturated heterocycles. The first-order valence-corrected chi connectivity index (χ1v) is 12.0. The SMILES string of the molecule is CCCCCCS(=O)(=O)C[C@H]1[C@@H](C/C=C\CCCC(=O)O)[C@H]2CC[C@@H]1O2. The number of carbonyl (C=O) groups is 1. The van der Waals surface area contributed by atoms with Gasteiger partial charge >= 0.3 is 5.97 Å². The van der Waals surface area contributed by atoms with E-state index in [1.807, 2.05) is 6.08 Å². The number of sulfone groups is 1. The Balaban J connectivity index is 1.82. The Labute approximate surface area is 158 Å². The Morgan fingerprint density at radius 2 is 1.81 bits per heavy atom. The molecule has 5 nitrogen and oxygen atoms in total. The van der Waals surface area contributed by atoms with Gasteiger partial charge in [0, 0.05) is 12.3 Å². The Bertz CT molecular complexity index is 569. The maximum atomic E-state index is 12.5. The third-order valence-corrected chi connectivity index (χ3v) is 7.49. The normalized spacial score (nSPS) is 28.2. The number of carboxylic acids is 1. The molecule has 0 aliphatic carbocycles. The number of unbranched alkanes of at least 4 members (excludes halogenated alkanes) is 4. The smallest absolute Gasteiger partial charge is 0.303 e. The molecule has 2 rings (SSSR count). The van der Waals surface area contributed by atoms with Crippen molar-refractivity contribution >= 4 is 15.8 Å². The summed E-state index contributed by atoms with van der Waals surface area (Å²) in [6.07, 6.45) is 12.9. The topological polar surface area (TPSA) is 80.7 Å².